The van der Waals surface area contributed by atoms with E-state index in [2.05, 4.69) is 15.5 Å². The molecule has 0 spiro atoms. The van der Waals surface area contributed by atoms with Gasteiger partial charge in [-0.05, 0) is 42.0 Å². The highest BCUT2D eigenvalue weighted by atomic mass is 35.5. The third-order valence-corrected chi connectivity index (χ3v) is 3.85. The predicted octanol–water partition coefficient (Wildman–Crippen LogP) is 5.05. The lowest BCUT2D eigenvalue weighted by molar-refractivity contribution is 0.628. The Kier molecular flexibility index (Phi) is 4.46. The largest absolute Gasteiger partial charge is 0.253 e. The van der Waals surface area contributed by atoms with E-state index in [1.54, 1.807) is 18.3 Å². The van der Waals surface area contributed by atoms with Crippen LogP contribution in [0.25, 0.3) is 11.3 Å². The van der Waals surface area contributed by atoms with Crippen LogP contribution in [0.5, 0.6) is 0 Å². The topological polar surface area (TPSA) is 37.3 Å². The fourth-order valence-corrected chi connectivity index (χ4v) is 2.69. The van der Waals surface area contributed by atoms with E-state index in [0.717, 1.165) is 16.8 Å². The molecule has 0 atom stereocenters. The highest BCUT2D eigenvalue weighted by Crippen LogP contribution is 2.24. The van der Waals surface area contributed by atoms with E-state index in [4.69, 9.17) is 11.6 Å². The van der Waals surface area contributed by atoms with Crippen LogP contribution in [0.15, 0.2) is 59.0 Å². The van der Waals surface area contributed by atoms with E-state index in [-0.39, 0.29) is 5.82 Å². The second kappa shape index (κ2) is 6.68. The van der Waals surface area contributed by atoms with Crippen LogP contribution in [-0.2, 0) is 0 Å². The fraction of sp³-hybridized carbons (Fsp3) is 0. The van der Waals surface area contributed by atoms with Gasteiger partial charge in [-0.1, -0.05) is 23.7 Å². The number of hydrogen-bond acceptors (Lipinski definition) is 4. The summed E-state index contributed by atoms with van der Waals surface area (Å²) in [5.74, 6) is -0.261. The van der Waals surface area contributed by atoms with Crippen LogP contribution in [-0.4, -0.2) is 11.2 Å². The normalized spacial score (nSPS) is 11.0. The first-order chi connectivity index (χ1) is 10.7. The molecule has 0 aliphatic rings. The first-order valence-corrected chi connectivity index (χ1v) is 7.72. The Bertz CT molecular complexity index is 799. The van der Waals surface area contributed by atoms with Crippen LogP contribution in [0.2, 0.25) is 5.02 Å². The smallest absolute Gasteiger partial charge is 0.203 e. The first-order valence-electron chi connectivity index (χ1n) is 6.47. The summed E-state index contributed by atoms with van der Waals surface area (Å²) in [6, 6.07) is 13.6. The van der Waals surface area contributed by atoms with Crippen LogP contribution in [0.4, 0.5) is 9.52 Å². The van der Waals surface area contributed by atoms with E-state index in [1.165, 1.54) is 23.5 Å². The molecule has 1 N–H and O–H groups in total. The summed E-state index contributed by atoms with van der Waals surface area (Å²) in [6.45, 7) is 0. The quantitative estimate of drug-likeness (QED) is 0.536. The fourth-order valence-electron chi connectivity index (χ4n) is 1.83. The molecule has 22 heavy (non-hydrogen) atoms. The third-order valence-electron chi connectivity index (χ3n) is 2.87. The average molecular weight is 332 g/mol. The van der Waals surface area contributed by atoms with Crippen molar-refractivity contribution < 1.29 is 4.39 Å². The molecular weight excluding hydrogens is 321 g/mol. The maximum Gasteiger partial charge on any atom is 0.203 e. The summed E-state index contributed by atoms with van der Waals surface area (Å²) in [6.07, 6.45) is 1.67. The number of nitrogens with one attached hydrogen (secondary N) is 1. The molecule has 0 radical (unpaired) electrons. The van der Waals surface area contributed by atoms with E-state index in [1.807, 2.05) is 29.6 Å². The highest BCUT2D eigenvalue weighted by molar-refractivity contribution is 7.14. The van der Waals surface area contributed by atoms with Gasteiger partial charge in [-0.15, -0.1) is 11.3 Å². The van der Waals surface area contributed by atoms with Crippen molar-refractivity contribution in [1.29, 1.82) is 0 Å². The number of nitrogens with zero attached hydrogens (tertiary/aromatic N) is 2. The number of rotatable bonds is 4. The van der Waals surface area contributed by atoms with Crippen LogP contribution in [0, 0.1) is 5.82 Å². The van der Waals surface area contributed by atoms with Crippen LogP contribution in [0.1, 0.15) is 5.56 Å². The average Bonchev–Trinajstić information content (AvgIpc) is 2.97. The van der Waals surface area contributed by atoms with E-state index in [9.17, 15) is 4.39 Å². The zero-order valence-corrected chi connectivity index (χ0v) is 12.9. The van der Waals surface area contributed by atoms with Crippen molar-refractivity contribution in [1.82, 2.24) is 4.98 Å². The van der Waals surface area contributed by atoms with Gasteiger partial charge >= 0.3 is 0 Å². The van der Waals surface area contributed by atoms with Crippen molar-refractivity contribution in [2.45, 2.75) is 0 Å². The van der Waals surface area contributed by atoms with Crippen molar-refractivity contribution >= 4 is 34.3 Å². The van der Waals surface area contributed by atoms with Gasteiger partial charge in [-0.2, -0.15) is 5.10 Å². The lowest BCUT2D eigenvalue weighted by atomic mass is 10.2. The lowest BCUT2D eigenvalue weighted by Crippen LogP contribution is -1.90. The standard InChI is InChI=1S/C16H11ClFN3S/c17-13-3-1-2-11(8-13)9-19-21-16-20-15(10-22-16)12-4-6-14(18)7-5-12/h1-10H,(H,20,21). The van der Waals surface area contributed by atoms with Gasteiger partial charge in [0.1, 0.15) is 5.82 Å². The molecule has 0 aliphatic carbocycles. The Morgan fingerprint density at radius 3 is 2.77 bits per heavy atom. The van der Waals surface area contributed by atoms with Crippen LogP contribution in [0.3, 0.4) is 0 Å². The van der Waals surface area contributed by atoms with Crippen molar-refractivity contribution in [3.8, 4) is 11.3 Å². The van der Waals surface area contributed by atoms with Crippen molar-refractivity contribution in [2.24, 2.45) is 5.10 Å². The molecule has 0 saturated heterocycles. The molecule has 3 rings (SSSR count). The molecule has 0 fully saturated rings. The molecule has 2 aromatic carbocycles. The monoisotopic (exact) mass is 331 g/mol. The number of halogens is 2. The molecule has 1 heterocycles. The third kappa shape index (κ3) is 3.69. The Morgan fingerprint density at radius 1 is 1.18 bits per heavy atom. The summed E-state index contributed by atoms with van der Waals surface area (Å²) < 4.78 is 12.9. The molecule has 1 aromatic heterocycles. The number of aromatic nitrogens is 1. The van der Waals surface area contributed by atoms with Gasteiger partial charge in [0.15, 0.2) is 0 Å². The Hall–Kier alpha value is -2.24. The maximum absolute atomic E-state index is 12.9. The minimum absolute atomic E-state index is 0.261. The molecular formula is C16H11ClFN3S. The molecule has 0 unspecified atom stereocenters. The highest BCUT2D eigenvalue weighted by Gasteiger charge is 2.03. The number of benzene rings is 2. The van der Waals surface area contributed by atoms with Gasteiger partial charge in [-0.3, -0.25) is 5.43 Å². The molecule has 0 bridgehead atoms. The predicted molar refractivity (Wildman–Crippen MR) is 90.2 cm³/mol. The molecule has 6 heteroatoms. The molecule has 0 saturated carbocycles. The zero-order chi connectivity index (χ0) is 15.4. The zero-order valence-electron chi connectivity index (χ0n) is 11.3. The molecule has 0 aliphatic heterocycles. The molecule has 3 nitrogen and oxygen atoms in total. The maximum atomic E-state index is 12.9. The van der Waals surface area contributed by atoms with Gasteiger partial charge in [0, 0.05) is 16.0 Å². The molecule has 0 amide bonds. The van der Waals surface area contributed by atoms with Gasteiger partial charge in [-0.25, -0.2) is 9.37 Å². The summed E-state index contributed by atoms with van der Waals surface area (Å²) >= 11 is 7.34. The Balaban J connectivity index is 1.68. The molecule has 3 aromatic rings. The summed E-state index contributed by atoms with van der Waals surface area (Å²) in [7, 11) is 0. The van der Waals surface area contributed by atoms with Crippen molar-refractivity contribution in [3.63, 3.8) is 0 Å². The summed E-state index contributed by atoms with van der Waals surface area (Å²) in [4.78, 5) is 4.40. The second-order valence-electron chi connectivity index (χ2n) is 4.47. The first kappa shape index (κ1) is 14.7. The summed E-state index contributed by atoms with van der Waals surface area (Å²) in [5.41, 5.74) is 5.42. The van der Waals surface area contributed by atoms with Gasteiger partial charge in [0.05, 0.1) is 11.9 Å². The van der Waals surface area contributed by atoms with Gasteiger partial charge in [0.25, 0.3) is 0 Å². The van der Waals surface area contributed by atoms with Crippen molar-refractivity contribution in [2.75, 3.05) is 5.43 Å². The number of hydrogen-bond donors (Lipinski definition) is 1. The van der Waals surface area contributed by atoms with E-state index in [0.29, 0.717) is 10.2 Å². The lowest BCUT2D eigenvalue weighted by Gasteiger charge is -1.96. The SMILES string of the molecule is Fc1ccc(-c2csc(NN=Cc3cccc(Cl)c3)n2)cc1. The summed E-state index contributed by atoms with van der Waals surface area (Å²) in [5, 5.41) is 7.35. The van der Waals surface area contributed by atoms with E-state index < -0.39 is 0 Å². The van der Waals surface area contributed by atoms with Crippen LogP contribution >= 0.6 is 22.9 Å². The van der Waals surface area contributed by atoms with Gasteiger partial charge < -0.3 is 0 Å². The number of hydrazone groups is 1. The van der Waals surface area contributed by atoms with Crippen LogP contribution < -0.4 is 5.43 Å². The van der Waals surface area contributed by atoms with Crippen molar-refractivity contribution in [3.05, 3.63) is 70.3 Å². The Labute approximate surface area is 136 Å². The van der Waals surface area contributed by atoms with E-state index >= 15 is 0 Å². The Morgan fingerprint density at radius 2 is 2.00 bits per heavy atom. The van der Waals surface area contributed by atoms with Gasteiger partial charge in [0.2, 0.25) is 5.13 Å². The second-order valence-corrected chi connectivity index (χ2v) is 5.76. The molecule has 110 valence electrons. The minimum atomic E-state index is -0.261. The minimum Gasteiger partial charge on any atom is -0.253 e. The number of anilines is 1. The number of thiazole rings is 1.